The van der Waals surface area contributed by atoms with E-state index in [1.165, 1.54) is 6.07 Å². The zero-order valence-corrected chi connectivity index (χ0v) is 12.9. The number of rotatable bonds is 5. The minimum Gasteiger partial charge on any atom is -0.484 e. The van der Waals surface area contributed by atoms with Crippen molar-refractivity contribution in [3.05, 3.63) is 34.4 Å². The summed E-state index contributed by atoms with van der Waals surface area (Å²) in [6.07, 6.45) is 1.01. The van der Waals surface area contributed by atoms with E-state index in [9.17, 15) is 14.9 Å². The summed E-state index contributed by atoms with van der Waals surface area (Å²) < 4.78 is 10.8. The lowest BCUT2D eigenvalue weighted by Gasteiger charge is -2.23. The summed E-state index contributed by atoms with van der Waals surface area (Å²) >= 11 is 0. The van der Waals surface area contributed by atoms with Crippen molar-refractivity contribution in [2.75, 3.05) is 6.61 Å². The highest BCUT2D eigenvalue weighted by atomic mass is 16.6. The van der Waals surface area contributed by atoms with Crippen molar-refractivity contribution < 1.29 is 19.2 Å². The number of hydrogen-bond donors (Lipinski definition) is 1. The van der Waals surface area contributed by atoms with Crippen molar-refractivity contribution in [3.8, 4) is 5.75 Å². The number of nitrogens with zero attached hydrogens (tertiary/aromatic N) is 1. The molecule has 0 radical (unpaired) electrons. The maximum Gasteiger partial charge on any atom is 0.408 e. The molecule has 120 valence electrons. The molecule has 0 atom stereocenters. The summed E-state index contributed by atoms with van der Waals surface area (Å²) in [4.78, 5) is 22.2. The van der Waals surface area contributed by atoms with Crippen molar-refractivity contribution in [1.29, 1.82) is 0 Å². The highest BCUT2D eigenvalue weighted by Gasteiger charge is 2.46. The molecule has 0 bridgehead atoms. The molecule has 0 aromatic heterocycles. The minimum absolute atomic E-state index is 0.0874. The van der Waals surface area contributed by atoms with Crippen LogP contribution < -0.4 is 10.1 Å². The molecule has 1 fully saturated rings. The zero-order valence-electron chi connectivity index (χ0n) is 12.9. The Morgan fingerprint density at radius 2 is 2.00 bits per heavy atom. The molecule has 1 aromatic carbocycles. The Morgan fingerprint density at radius 3 is 2.55 bits per heavy atom. The number of alkyl carbamates (subject to hydrolysis) is 1. The molecule has 2 rings (SSSR count). The number of amides is 1. The van der Waals surface area contributed by atoms with Crippen LogP contribution in [0.4, 0.5) is 10.5 Å². The van der Waals surface area contributed by atoms with Crippen LogP contribution >= 0.6 is 0 Å². The third-order valence-corrected chi connectivity index (χ3v) is 3.19. The van der Waals surface area contributed by atoms with Crippen LogP contribution in [0.15, 0.2) is 24.3 Å². The van der Waals surface area contributed by atoms with Gasteiger partial charge in [-0.05, 0) is 39.7 Å². The predicted octanol–water partition coefficient (Wildman–Crippen LogP) is 3.03. The molecular formula is C15H20N2O5. The summed E-state index contributed by atoms with van der Waals surface area (Å²) in [6.45, 7) is 5.54. The quantitative estimate of drug-likeness (QED) is 0.667. The Morgan fingerprint density at radius 1 is 1.36 bits per heavy atom. The Kier molecular flexibility index (Phi) is 4.25. The van der Waals surface area contributed by atoms with Gasteiger partial charge in [0.2, 0.25) is 0 Å². The van der Waals surface area contributed by atoms with Gasteiger partial charge in [-0.1, -0.05) is 12.1 Å². The zero-order chi connectivity index (χ0) is 16.4. The van der Waals surface area contributed by atoms with Gasteiger partial charge in [0.15, 0.2) is 5.75 Å². The van der Waals surface area contributed by atoms with E-state index >= 15 is 0 Å². The van der Waals surface area contributed by atoms with Crippen molar-refractivity contribution in [2.24, 2.45) is 0 Å². The van der Waals surface area contributed by atoms with Gasteiger partial charge in [0.05, 0.1) is 10.5 Å². The van der Waals surface area contributed by atoms with Crippen LogP contribution in [-0.4, -0.2) is 28.8 Å². The molecule has 0 aliphatic heterocycles. The van der Waals surface area contributed by atoms with Gasteiger partial charge in [-0.25, -0.2) is 4.79 Å². The van der Waals surface area contributed by atoms with Crippen molar-refractivity contribution in [3.63, 3.8) is 0 Å². The number of hydrogen-bond acceptors (Lipinski definition) is 5. The van der Waals surface area contributed by atoms with E-state index < -0.39 is 22.2 Å². The van der Waals surface area contributed by atoms with Gasteiger partial charge in [-0.3, -0.25) is 10.1 Å². The first-order chi connectivity index (χ1) is 10.2. The largest absolute Gasteiger partial charge is 0.484 e. The van der Waals surface area contributed by atoms with Gasteiger partial charge in [0, 0.05) is 6.07 Å². The number of para-hydroxylation sites is 2. The number of carbonyl (C=O) groups excluding carboxylic acids is 1. The predicted molar refractivity (Wildman–Crippen MR) is 79.9 cm³/mol. The SMILES string of the molecule is CC(C)(C)OC(=O)NC1(COc2ccccc2[N+](=O)[O-])CC1. The first-order valence-corrected chi connectivity index (χ1v) is 7.08. The highest BCUT2D eigenvalue weighted by molar-refractivity contribution is 5.69. The molecule has 1 aliphatic rings. The van der Waals surface area contributed by atoms with Gasteiger partial charge >= 0.3 is 11.8 Å². The molecule has 0 spiro atoms. The van der Waals surface area contributed by atoms with Gasteiger partial charge in [-0.2, -0.15) is 0 Å². The molecule has 1 aromatic rings. The van der Waals surface area contributed by atoms with Gasteiger partial charge < -0.3 is 14.8 Å². The van der Waals surface area contributed by atoms with E-state index in [1.54, 1.807) is 39.0 Å². The number of nitro benzene ring substituents is 1. The van der Waals surface area contributed by atoms with Crippen molar-refractivity contribution in [2.45, 2.75) is 44.8 Å². The lowest BCUT2D eigenvalue weighted by Crippen LogP contribution is -2.44. The van der Waals surface area contributed by atoms with E-state index in [0.717, 1.165) is 12.8 Å². The fourth-order valence-corrected chi connectivity index (χ4v) is 1.92. The van der Waals surface area contributed by atoms with Crippen LogP contribution in [-0.2, 0) is 4.74 Å². The second-order valence-corrected chi connectivity index (χ2v) is 6.42. The first-order valence-electron chi connectivity index (χ1n) is 7.08. The average molecular weight is 308 g/mol. The fourth-order valence-electron chi connectivity index (χ4n) is 1.92. The van der Waals surface area contributed by atoms with E-state index in [-0.39, 0.29) is 18.0 Å². The third-order valence-electron chi connectivity index (χ3n) is 3.19. The molecule has 7 heteroatoms. The fraction of sp³-hybridized carbons (Fsp3) is 0.533. The lowest BCUT2D eigenvalue weighted by atomic mass is 10.2. The van der Waals surface area contributed by atoms with E-state index in [1.807, 2.05) is 0 Å². The molecule has 7 nitrogen and oxygen atoms in total. The summed E-state index contributed by atoms with van der Waals surface area (Å²) in [5, 5.41) is 13.7. The Hall–Kier alpha value is -2.31. The summed E-state index contributed by atoms with van der Waals surface area (Å²) in [5.41, 5.74) is -1.15. The van der Waals surface area contributed by atoms with Gasteiger partial charge in [-0.15, -0.1) is 0 Å². The number of carbonyl (C=O) groups is 1. The van der Waals surface area contributed by atoms with Crippen LogP contribution in [0.2, 0.25) is 0 Å². The second-order valence-electron chi connectivity index (χ2n) is 6.42. The summed E-state index contributed by atoms with van der Waals surface area (Å²) in [5.74, 6) is 0.199. The Balaban J connectivity index is 1.94. The van der Waals surface area contributed by atoms with Crippen LogP contribution in [0.5, 0.6) is 5.75 Å². The summed E-state index contributed by atoms with van der Waals surface area (Å²) in [7, 11) is 0. The first kappa shape index (κ1) is 16.1. The molecule has 0 unspecified atom stereocenters. The molecule has 1 saturated carbocycles. The highest BCUT2D eigenvalue weighted by Crippen LogP contribution is 2.37. The summed E-state index contributed by atoms with van der Waals surface area (Å²) in [6, 6.07) is 6.18. The minimum atomic E-state index is -0.570. The Bertz CT molecular complexity index is 576. The van der Waals surface area contributed by atoms with Crippen LogP contribution in [0.1, 0.15) is 33.6 Å². The second kappa shape index (κ2) is 5.82. The molecular weight excluding hydrogens is 288 g/mol. The maximum absolute atomic E-state index is 11.8. The monoisotopic (exact) mass is 308 g/mol. The number of ether oxygens (including phenoxy) is 2. The molecule has 1 amide bonds. The molecule has 1 aliphatic carbocycles. The number of benzene rings is 1. The van der Waals surface area contributed by atoms with Crippen LogP contribution in [0, 0.1) is 10.1 Å². The molecule has 1 N–H and O–H groups in total. The smallest absolute Gasteiger partial charge is 0.408 e. The van der Waals surface area contributed by atoms with Crippen LogP contribution in [0.3, 0.4) is 0 Å². The van der Waals surface area contributed by atoms with Gasteiger partial charge in [0.25, 0.3) is 0 Å². The lowest BCUT2D eigenvalue weighted by molar-refractivity contribution is -0.385. The van der Waals surface area contributed by atoms with Crippen LogP contribution in [0.25, 0.3) is 0 Å². The molecule has 22 heavy (non-hydrogen) atoms. The number of nitro groups is 1. The number of nitrogens with one attached hydrogen (secondary N) is 1. The van der Waals surface area contributed by atoms with Gasteiger partial charge in [0.1, 0.15) is 12.2 Å². The standard InChI is InChI=1S/C15H20N2O5/c1-14(2,3)22-13(18)16-15(8-9-15)10-21-12-7-5-4-6-11(12)17(19)20/h4-7H,8-10H2,1-3H3,(H,16,18). The normalized spacial score (nSPS) is 15.8. The van der Waals surface area contributed by atoms with Crippen molar-refractivity contribution >= 4 is 11.8 Å². The van der Waals surface area contributed by atoms with E-state index in [2.05, 4.69) is 5.32 Å². The Labute approximate surface area is 128 Å². The van der Waals surface area contributed by atoms with E-state index in [0.29, 0.717) is 0 Å². The third kappa shape index (κ3) is 4.34. The van der Waals surface area contributed by atoms with Crippen molar-refractivity contribution in [1.82, 2.24) is 5.32 Å². The maximum atomic E-state index is 11.8. The van der Waals surface area contributed by atoms with E-state index in [4.69, 9.17) is 9.47 Å². The average Bonchev–Trinajstić information content (AvgIpc) is 3.14. The topological polar surface area (TPSA) is 90.7 Å². The molecule has 0 heterocycles. The molecule has 0 saturated heterocycles.